The number of carbonyl (C=O) groups is 1. The second-order valence-corrected chi connectivity index (χ2v) is 10.4. The molecule has 3 atom stereocenters. The van der Waals surface area contributed by atoms with Crippen LogP contribution in [0.1, 0.15) is 68.3 Å². The van der Waals surface area contributed by atoms with Gasteiger partial charge >= 0.3 is 12.4 Å². The van der Waals surface area contributed by atoms with Crippen LogP contribution in [0, 0.1) is 11.3 Å². The van der Waals surface area contributed by atoms with Crippen molar-refractivity contribution in [3.63, 3.8) is 0 Å². The van der Waals surface area contributed by atoms with Crippen LogP contribution in [-0.2, 0) is 23.7 Å². The summed E-state index contributed by atoms with van der Waals surface area (Å²) in [5, 5.41) is 6.17. The summed E-state index contributed by atoms with van der Waals surface area (Å²) in [4.78, 5) is 13.4. The van der Waals surface area contributed by atoms with E-state index in [0.717, 1.165) is 5.56 Å². The Morgan fingerprint density at radius 3 is 2.05 bits per heavy atom. The van der Waals surface area contributed by atoms with E-state index in [-0.39, 0.29) is 35.5 Å². The van der Waals surface area contributed by atoms with Gasteiger partial charge in [0.2, 0.25) is 5.91 Å². The van der Waals surface area contributed by atoms with Gasteiger partial charge < -0.3 is 20.1 Å². The van der Waals surface area contributed by atoms with Crippen LogP contribution in [0.15, 0.2) is 36.4 Å². The molecule has 0 spiro atoms. The second kappa shape index (κ2) is 11.7. The van der Waals surface area contributed by atoms with Crippen molar-refractivity contribution in [2.45, 2.75) is 71.0 Å². The molecule has 11 heteroatoms. The van der Waals surface area contributed by atoms with Crippen LogP contribution in [0.4, 0.5) is 26.3 Å². The minimum Gasteiger partial charge on any atom is -0.493 e. The quantitative estimate of drug-likeness (QED) is 0.328. The maximum Gasteiger partial charge on any atom is 0.416 e. The molecule has 1 amide bonds. The fourth-order valence-corrected chi connectivity index (χ4v) is 5.26. The van der Waals surface area contributed by atoms with E-state index in [1.54, 1.807) is 14.2 Å². The molecule has 0 bridgehead atoms. The molecular formula is C28H34F6N2O3. The van der Waals surface area contributed by atoms with E-state index in [1.165, 1.54) is 0 Å². The summed E-state index contributed by atoms with van der Waals surface area (Å²) in [5.74, 6) is 0.710. The highest BCUT2D eigenvalue weighted by Crippen LogP contribution is 2.45. The van der Waals surface area contributed by atoms with Gasteiger partial charge in [-0.15, -0.1) is 0 Å². The van der Waals surface area contributed by atoms with Gasteiger partial charge in [-0.25, -0.2) is 0 Å². The highest BCUT2D eigenvalue weighted by molar-refractivity contribution is 5.83. The Balaban J connectivity index is 1.73. The first-order valence-electron chi connectivity index (χ1n) is 12.7. The Labute approximate surface area is 224 Å². The maximum absolute atomic E-state index is 13.4. The lowest BCUT2D eigenvalue weighted by molar-refractivity contribution is -0.143. The summed E-state index contributed by atoms with van der Waals surface area (Å²) in [7, 11) is 3.10. The highest BCUT2D eigenvalue weighted by Gasteiger charge is 2.47. The summed E-state index contributed by atoms with van der Waals surface area (Å²) < 4.78 is 90.0. The Morgan fingerprint density at radius 1 is 0.949 bits per heavy atom. The SMILES string of the molecule is COc1ccc(C(C)N[C@@H]2CC[C@@](C(=O)NCc3cc(C(F)(F)F)cc(C(F)(F)F)c3)(C(C)C)C2)cc1OC. The molecule has 216 valence electrons. The first-order valence-corrected chi connectivity index (χ1v) is 12.7. The molecule has 1 saturated carbocycles. The number of rotatable bonds is 9. The summed E-state index contributed by atoms with van der Waals surface area (Å²) in [6.07, 6.45) is -8.21. The molecule has 39 heavy (non-hydrogen) atoms. The third-order valence-electron chi connectivity index (χ3n) is 7.60. The normalized spacial score (nSPS) is 20.7. The summed E-state index contributed by atoms with van der Waals surface area (Å²) in [5.41, 5.74) is -2.93. The first kappa shape index (κ1) is 30.6. The molecule has 1 aliphatic rings. The molecule has 2 N–H and O–H groups in total. The van der Waals surface area contributed by atoms with Crippen molar-refractivity contribution in [2.24, 2.45) is 11.3 Å². The minimum absolute atomic E-state index is 0.0216. The van der Waals surface area contributed by atoms with E-state index in [1.807, 2.05) is 39.0 Å². The van der Waals surface area contributed by atoms with Crippen LogP contribution in [-0.4, -0.2) is 26.2 Å². The second-order valence-electron chi connectivity index (χ2n) is 10.4. The largest absolute Gasteiger partial charge is 0.493 e. The van der Waals surface area contributed by atoms with Crippen molar-refractivity contribution in [1.29, 1.82) is 0 Å². The maximum atomic E-state index is 13.4. The van der Waals surface area contributed by atoms with Gasteiger partial charge in [0.05, 0.1) is 30.8 Å². The minimum atomic E-state index is -4.95. The smallest absolute Gasteiger partial charge is 0.416 e. The molecule has 0 heterocycles. The van der Waals surface area contributed by atoms with Gasteiger partial charge in [-0.3, -0.25) is 4.79 Å². The lowest BCUT2D eigenvalue weighted by Crippen LogP contribution is -2.44. The monoisotopic (exact) mass is 560 g/mol. The van der Waals surface area contributed by atoms with Gasteiger partial charge in [0, 0.05) is 18.6 Å². The molecule has 0 radical (unpaired) electrons. The zero-order valence-corrected chi connectivity index (χ0v) is 22.5. The van der Waals surface area contributed by atoms with Gasteiger partial charge in [0.15, 0.2) is 11.5 Å². The molecule has 1 fully saturated rings. The van der Waals surface area contributed by atoms with Crippen LogP contribution < -0.4 is 20.1 Å². The molecule has 0 saturated heterocycles. The lowest BCUT2D eigenvalue weighted by Gasteiger charge is -2.33. The average molecular weight is 561 g/mol. The number of hydrogen-bond donors (Lipinski definition) is 2. The zero-order chi connectivity index (χ0) is 29.2. The van der Waals surface area contributed by atoms with Crippen LogP contribution in [0.25, 0.3) is 0 Å². The zero-order valence-electron chi connectivity index (χ0n) is 22.5. The molecule has 1 aliphatic carbocycles. The Morgan fingerprint density at radius 2 is 1.54 bits per heavy atom. The molecule has 3 rings (SSSR count). The van der Waals surface area contributed by atoms with Crippen LogP contribution >= 0.6 is 0 Å². The number of nitrogens with one attached hydrogen (secondary N) is 2. The number of hydrogen-bond acceptors (Lipinski definition) is 4. The van der Waals surface area contributed by atoms with E-state index in [2.05, 4.69) is 10.6 Å². The van der Waals surface area contributed by atoms with E-state index in [4.69, 9.17) is 9.47 Å². The van der Waals surface area contributed by atoms with Crippen molar-refractivity contribution in [2.75, 3.05) is 14.2 Å². The number of methoxy groups -OCH3 is 2. The van der Waals surface area contributed by atoms with Gasteiger partial charge in [-0.2, -0.15) is 26.3 Å². The van der Waals surface area contributed by atoms with E-state index >= 15 is 0 Å². The topological polar surface area (TPSA) is 59.6 Å². The molecule has 1 unspecified atom stereocenters. The number of alkyl halides is 6. The van der Waals surface area contributed by atoms with Gasteiger partial charge in [0.1, 0.15) is 0 Å². The van der Waals surface area contributed by atoms with E-state index < -0.39 is 35.4 Å². The number of halogens is 6. The Hall–Kier alpha value is -2.95. The van der Waals surface area contributed by atoms with Crippen molar-refractivity contribution in [3.05, 3.63) is 58.7 Å². The lowest BCUT2D eigenvalue weighted by atomic mass is 9.74. The fraction of sp³-hybridized carbons (Fsp3) is 0.536. The number of benzene rings is 2. The van der Waals surface area contributed by atoms with Gasteiger partial charge in [-0.1, -0.05) is 19.9 Å². The molecule has 5 nitrogen and oxygen atoms in total. The number of ether oxygens (including phenoxy) is 2. The van der Waals surface area contributed by atoms with E-state index in [0.29, 0.717) is 42.9 Å². The molecule has 0 aliphatic heterocycles. The third-order valence-corrected chi connectivity index (χ3v) is 7.60. The molecule has 2 aromatic rings. The molecule has 2 aromatic carbocycles. The fourth-order valence-electron chi connectivity index (χ4n) is 5.26. The van der Waals surface area contributed by atoms with Crippen LogP contribution in [0.3, 0.4) is 0 Å². The predicted octanol–water partition coefficient (Wildman–Crippen LogP) is 6.90. The summed E-state index contributed by atoms with van der Waals surface area (Å²) in [6, 6.07) is 6.86. The summed E-state index contributed by atoms with van der Waals surface area (Å²) in [6.45, 7) is 5.33. The number of carbonyl (C=O) groups excluding carboxylic acids is 1. The molecule has 0 aromatic heterocycles. The van der Waals surface area contributed by atoms with Gasteiger partial charge in [0.25, 0.3) is 0 Å². The van der Waals surface area contributed by atoms with Crippen molar-refractivity contribution in [1.82, 2.24) is 10.6 Å². The van der Waals surface area contributed by atoms with Crippen molar-refractivity contribution in [3.8, 4) is 11.5 Å². The highest BCUT2D eigenvalue weighted by atomic mass is 19.4. The predicted molar refractivity (Wildman–Crippen MR) is 134 cm³/mol. The average Bonchev–Trinajstić information content (AvgIpc) is 3.30. The van der Waals surface area contributed by atoms with Crippen LogP contribution in [0.2, 0.25) is 0 Å². The standard InChI is InChI=1S/C28H34F6N2O3/c1-16(2)26(9-8-22(14-26)36-17(3)19-6-7-23(38-4)24(12-19)39-5)25(37)35-15-18-10-20(27(29,30)31)13-21(11-18)28(32,33)34/h6-7,10-13,16-17,22,36H,8-9,14-15H2,1-5H3,(H,35,37)/t17?,22-,26+/m1/s1. The van der Waals surface area contributed by atoms with Crippen molar-refractivity contribution < 1.29 is 40.6 Å². The molecular weight excluding hydrogens is 526 g/mol. The van der Waals surface area contributed by atoms with Crippen molar-refractivity contribution >= 4 is 5.91 Å². The summed E-state index contributed by atoms with van der Waals surface area (Å²) >= 11 is 0. The first-order chi connectivity index (χ1) is 18.1. The van der Waals surface area contributed by atoms with Crippen LogP contribution in [0.5, 0.6) is 11.5 Å². The van der Waals surface area contributed by atoms with E-state index in [9.17, 15) is 31.1 Å². The third kappa shape index (κ3) is 6.98. The number of amides is 1. The Kier molecular flexibility index (Phi) is 9.14. The Bertz CT molecular complexity index is 1130. The van der Waals surface area contributed by atoms with Gasteiger partial charge in [-0.05, 0) is 73.6 Å².